The van der Waals surface area contributed by atoms with Crippen LogP contribution >= 0.6 is 34.4 Å². The maximum absolute atomic E-state index is 13.2. The number of anilines is 1. The second kappa shape index (κ2) is 8.00. The van der Waals surface area contributed by atoms with E-state index in [1.54, 1.807) is 18.2 Å². The standard InChI is InChI=1S/C18H12FIN2O3S/c19-12-3-1-2-11(8-12)9-15-17(24)22(18(25)26-15)10-16(23)21-14-6-4-13(20)5-7-14/h1-9H,10H2,(H,21,23)/b15-9+. The van der Waals surface area contributed by atoms with Crippen LogP contribution in [0.2, 0.25) is 0 Å². The van der Waals surface area contributed by atoms with Crippen LogP contribution < -0.4 is 5.32 Å². The molecule has 0 unspecified atom stereocenters. The maximum atomic E-state index is 13.2. The van der Waals surface area contributed by atoms with Crippen molar-refractivity contribution in [2.75, 3.05) is 11.9 Å². The number of halogens is 2. The molecular weight excluding hydrogens is 470 g/mol. The van der Waals surface area contributed by atoms with E-state index in [1.165, 1.54) is 24.3 Å². The first kappa shape index (κ1) is 18.6. The first-order valence-electron chi connectivity index (χ1n) is 7.49. The highest BCUT2D eigenvalue weighted by atomic mass is 127. The zero-order valence-corrected chi connectivity index (χ0v) is 16.2. The van der Waals surface area contributed by atoms with Gasteiger partial charge in [0.25, 0.3) is 11.1 Å². The third-order valence-corrected chi connectivity index (χ3v) is 5.08. The Morgan fingerprint density at radius 2 is 1.92 bits per heavy atom. The number of thioether (sulfide) groups is 1. The highest BCUT2D eigenvalue weighted by Gasteiger charge is 2.36. The number of nitrogens with one attached hydrogen (secondary N) is 1. The number of amides is 3. The van der Waals surface area contributed by atoms with Crippen LogP contribution in [0, 0.1) is 9.39 Å². The van der Waals surface area contributed by atoms with Crippen LogP contribution in [0.4, 0.5) is 14.9 Å². The fourth-order valence-corrected chi connectivity index (χ4v) is 3.46. The van der Waals surface area contributed by atoms with Crippen LogP contribution in [-0.2, 0) is 9.59 Å². The number of imide groups is 1. The summed E-state index contributed by atoms with van der Waals surface area (Å²) in [6.07, 6.45) is 1.44. The summed E-state index contributed by atoms with van der Waals surface area (Å²) in [4.78, 5) is 37.6. The van der Waals surface area contributed by atoms with Gasteiger partial charge in [-0.1, -0.05) is 12.1 Å². The first-order valence-corrected chi connectivity index (χ1v) is 9.38. The zero-order valence-electron chi connectivity index (χ0n) is 13.2. The molecule has 3 amide bonds. The van der Waals surface area contributed by atoms with Crippen molar-refractivity contribution in [2.45, 2.75) is 0 Å². The van der Waals surface area contributed by atoms with E-state index in [9.17, 15) is 18.8 Å². The SMILES string of the molecule is O=C(CN1C(=O)S/C(=C/c2cccc(F)c2)C1=O)Nc1ccc(I)cc1. The van der Waals surface area contributed by atoms with Crippen LogP contribution in [0.15, 0.2) is 53.4 Å². The van der Waals surface area contributed by atoms with E-state index >= 15 is 0 Å². The van der Waals surface area contributed by atoms with Crippen molar-refractivity contribution in [2.24, 2.45) is 0 Å². The lowest BCUT2D eigenvalue weighted by molar-refractivity contribution is -0.127. The molecule has 0 aliphatic carbocycles. The molecule has 132 valence electrons. The Bertz CT molecular complexity index is 915. The van der Waals surface area contributed by atoms with E-state index in [-0.39, 0.29) is 11.4 Å². The molecule has 3 rings (SSSR count). The molecule has 0 radical (unpaired) electrons. The topological polar surface area (TPSA) is 66.5 Å². The molecule has 8 heteroatoms. The van der Waals surface area contributed by atoms with E-state index in [0.717, 1.165) is 20.2 Å². The van der Waals surface area contributed by atoms with Crippen LogP contribution in [0.3, 0.4) is 0 Å². The van der Waals surface area contributed by atoms with Gasteiger partial charge in [0.05, 0.1) is 4.91 Å². The average molecular weight is 482 g/mol. The van der Waals surface area contributed by atoms with Crippen molar-refractivity contribution in [3.05, 3.63) is 68.4 Å². The molecule has 0 atom stereocenters. The summed E-state index contributed by atoms with van der Waals surface area (Å²) in [7, 11) is 0. The molecular formula is C18H12FIN2O3S. The lowest BCUT2D eigenvalue weighted by Gasteiger charge is -2.12. The fourth-order valence-electron chi connectivity index (χ4n) is 2.26. The molecule has 0 aromatic heterocycles. The molecule has 2 aromatic carbocycles. The van der Waals surface area contributed by atoms with Gasteiger partial charge in [0.2, 0.25) is 5.91 Å². The lowest BCUT2D eigenvalue weighted by atomic mass is 10.2. The van der Waals surface area contributed by atoms with Crippen LogP contribution in [-0.4, -0.2) is 28.5 Å². The highest BCUT2D eigenvalue weighted by Crippen LogP contribution is 2.32. The molecule has 1 heterocycles. The molecule has 0 spiro atoms. The number of rotatable bonds is 4. The largest absolute Gasteiger partial charge is 0.325 e. The van der Waals surface area contributed by atoms with Gasteiger partial charge in [-0.25, -0.2) is 4.39 Å². The quantitative estimate of drug-likeness (QED) is 0.527. The van der Waals surface area contributed by atoms with Gasteiger partial charge in [0.1, 0.15) is 12.4 Å². The monoisotopic (exact) mass is 482 g/mol. The van der Waals surface area contributed by atoms with E-state index in [0.29, 0.717) is 11.3 Å². The van der Waals surface area contributed by atoms with Crippen molar-refractivity contribution in [1.82, 2.24) is 4.90 Å². The Balaban J connectivity index is 1.69. The van der Waals surface area contributed by atoms with E-state index in [1.807, 2.05) is 12.1 Å². The Labute approximate surface area is 166 Å². The van der Waals surface area contributed by atoms with Gasteiger partial charge >= 0.3 is 0 Å². The first-order chi connectivity index (χ1) is 12.4. The second-order valence-electron chi connectivity index (χ2n) is 5.38. The summed E-state index contributed by atoms with van der Waals surface area (Å²) < 4.78 is 14.3. The lowest BCUT2D eigenvalue weighted by Crippen LogP contribution is -2.36. The Hall–Kier alpha value is -2.20. The molecule has 1 N–H and O–H groups in total. The van der Waals surface area contributed by atoms with Crippen LogP contribution in [0.1, 0.15) is 5.56 Å². The molecule has 0 saturated carbocycles. The van der Waals surface area contributed by atoms with Gasteiger partial charge in [-0.15, -0.1) is 0 Å². The maximum Gasteiger partial charge on any atom is 0.294 e. The predicted molar refractivity (Wildman–Crippen MR) is 107 cm³/mol. The van der Waals surface area contributed by atoms with Gasteiger partial charge in [-0.05, 0) is 82.4 Å². The van der Waals surface area contributed by atoms with Crippen molar-refractivity contribution in [3.8, 4) is 0 Å². The molecule has 0 bridgehead atoms. The van der Waals surface area contributed by atoms with Gasteiger partial charge in [-0.2, -0.15) is 0 Å². The van der Waals surface area contributed by atoms with E-state index in [4.69, 9.17) is 0 Å². The Morgan fingerprint density at radius 1 is 1.19 bits per heavy atom. The van der Waals surface area contributed by atoms with Gasteiger partial charge < -0.3 is 5.32 Å². The number of nitrogens with zero attached hydrogens (tertiary/aromatic N) is 1. The normalized spacial score (nSPS) is 15.6. The third-order valence-electron chi connectivity index (χ3n) is 3.45. The number of carbonyl (C=O) groups excluding carboxylic acids is 3. The van der Waals surface area contributed by atoms with Gasteiger partial charge in [-0.3, -0.25) is 19.3 Å². The molecule has 1 aliphatic rings. The Morgan fingerprint density at radius 3 is 2.62 bits per heavy atom. The summed E-state index contributed by atoms with van der Waals surface area (Å²) in [6.45, 7) is -0.378. The minimum Gasteiger partial charge on any atom is -0.325 e. The van der Waals surface area contributed by atoms with Gasteiger partial charge in [0.15, 0.2) is 0 Å². The minimum atomic E-state index is -0.568. The minimum absolute atomic E-state index is 0.155. The van der Waals surface area contributed by atoms with E-state index < -0.39 is 22.9 Å². The van der Waals surface area contributed by atoms with Crippen LogP contribution in [0.5, 0.6) is 0 Å². The number of hydrogen-bond donors (Lipinski definition) is 1. The van der Waals surface area contributed by atoms with Crippen molar-refractivity contribution >= 4 is 63.2 Å². The second-order valence-corrected chi connectivity index (χ2v) is 7.62. The van der Waals surface area contributed by atoms with Crippen LogP contribution in [0.25, 0.3) is 6.08 Å². The summed E-state index contributed by atoms with van der Waals surface area (Å²) in [5.41, 5.74) is 1.05. The summed E-state index contributed by atoms with van der Waals surface area (Å²) in [6, 6.07) is 12.8. The third kappa shape index (κ3) is 4.50. The Kier molecular flexibility index (Phi) is 5.72. The molecule has 1 aliphatic heterocycles. The summed E-state index contributed by atoms with van der Waals surface area (Å²) >= 11 is 2.87. The number of carbonyl (C=O) groups is 3. The average Bonchev–Trinajstić information content (AvgIpc) is 2.84. The highest BCUT2D eigenvalue weighted by molar-refractivity contribution is 14.1. The predicted octanol–water partition coefficient (Wildman–Crippen LogP) is 4.11. The zero-order chi connectivity index (χ0) is 18.7. The van der Waals surface area contributed by atoms with Crippen molar-refractivity contribution in [1.29, 1.82) is 0 Å². The molecule has 5 nitrogen and oxygen atoms in total. The molecule has 2 aromatic rings. The van der Waals surface area contributed by atoms with Gasteiger partial charge in [0, 0.05) is 9.26 Å². The number of hydrogen-bond acceptors (Lipinski definition) is 4. The molecule has 1 saturated heterocycles. The molecule has 26 heavy (non-hydrogen) atoms. The van der Waals surface area contributed by atoms with E-state index in [2.05, 4.69) is 27.9 Å². The smallest absolute Gasteiger partial charge is 0.294 e. The summed E-state index contributed by atoms with van der Waals surface area (Å²) in [5, 5.41) is 2.11. The van der Waals surface area contributed by atoms with Crippen molar-refractivity contribution < 1.29 is 18.8 Å². The summed E-state index contributed by atoms with van der Waals surface area (Å²) in [5.74, 6) is -1.47. The fraction of sp³-hybridized carbons (Fsp3) is 0.0556. The number of benzene rings is 2. The van der Waals surface area contributed by atoms with Crippen molar-refractivity contribution in [3.63, 3.8) is 0 Å². The molecule has 1 fully saturated rings.